The Kier molecular flexibility index (Phi) is 7.90. The van der Waals surface area contributed by atoms with Crippen LogP contribution in [0.2, 0.25) is 0 Å². The molecule has 0 aliphatic heterocycles. The lowest BCUT2D eigenvalue weighted by Crippen LogP contribution is -2.42. The van der Waals surface area contributed by atoms with Crippen LogP contribution >= 0.6 is 0 Å². The van der Waals surface area contributed by atoms with E-state index in [2.05, 4.69) is 20.9 Å². The third-order valence-corrected chi connectivity index (χ3v) is 3.30. The molecule has 0 atom stereocenters. The number of nitrogens with zero attached hydrogens (tertiary/aromatic N) is 1. The van der Waals surface area contributed by atoms with Gasteiger partial charge in [-0.1, -0.05) is 18.2 Å². The molecule has 2 rings (SSSR count). The lowest BCUT2D eigenvalue weighted by Gasteiger charge is -2.12. The third kappa shape index (κ3) is 6.99. The number of hydrogen-bond donors (Lipinski definition) is 3. The Labute approximate surface area is 147 Å². The number of amides is 1. The number of para-hydroxylation sites is 1. The summed E-state index contributed by atoms with van der Waals surface area (Å²) in [7, 11) is 1.71. The predicted molar refractivity (Wildman–Crippen MR) is 97.0 cm³/mol. The monoisotopic (exact) mass is 344 g/mol. The molecule has 0 saturated heterocycles. The van der Waals surface area contributed by atoms with E-state index in [-0.39, 0.29) is 5.91 Å². The zero-order valence-electron chi connectivity index (χ0n) is 14.3. The zero-order chi connectivity index (χ0) is 17.7. The molecule has 7 heteroatoms. The van der Waals surface area contributed by atoms with Crippen LogP contribution in [0.3, 0.4) is 0 Å². The van der Waals surface area contributed by atoms with Crippen molar-refractivity contribution in [3.05, 3.63) is 54.5 Å². The number of ether oxygens (including phenoxy) is 1. The maximum absolute atomic E-state index is 11.7. The number of benzene rings is 1. The van der Waals surface area contributed by atoms with Gasteiger partial charge < -0.3 is 25.1 Å². The average Bonchev–Trinajstić information content (AvgIpc) is 3.18. The van der Waals surface area contributed by atoms with Gasteiger partial charge in [0.15, 0.2) is 11.7 Å². The Morgan fingerprint density at radius 2 is 1.80 bits per heavy atom. The minimum Gasteiger partial charge on any atom is -0.494 e. The van der Waals surface area contributed by atoms with Gasteiger partial charge >= 0.3 is 0 Å². The van der Waals surface area contributed by atoms with E-state index in [1.54, 1.807) is 19.2 Å². The van der Waals surface area contributed by atoms with E-state index in [9.17, 15) is 4.79 Å². The molecule has 1 heterocycles. The second-order valence-electron chi connectivity index (χ2n) is 5.17. The highest BCUT2D eigenvalue weighted by Gasteiger charge is 2.06. The number of carbonyl (C=O) groups excluding carboxylic acids is 1. The second-order valence-corrected chi connectivity index (χ2v) is 5.17. The molecule has 25 heavy (non-hydrogen) atoms. The molecule has 2 aromatic rings. The van der Waals surface area contributed by atoms with Gasteiger partial charge in [-0.3, -0.25) is 9.79 Å². The number of carbonyl (C=O) groups is 1. The number of aliphatic imine (C=N–C) groups is 1. The van der Waals surface area contributed by atoms with Crippen LogP contribution in [0.25, 0.3) is 0 Å². The minimum atomic E-state index is -0.229. The molecule has 1 aromatic carbocycles. The van der Waals surface area contributed by atoms with Crippen LogP contribution in [0.4, 0.5) is 0 Å². The summed E-state index contributed by atoms with van der Waals surface area (Å²) in [6, 6.07) is 13.0. The van der Waals surface area contributed by atoms with Crippen LogP contribution in [0.5, 0.6) is 5.75 Å². The van der Waals surface area contributed by atoms with Gasteiger partial charge in [0.1, 0.15) is 5.75 Å². The van der Waals surface area contributed by atoms with Gasteiger partial charge in [-0.25, -0.2) is 0 Å². The van der Waals surface area contributed by atoms with E-state index < -0.39 is 0 Å². The van der Waals surface area contributed by atoms with Gasteiger partial charge in [-0.15, -0.1) is 0 Å². The van der Waals surface area contributed by atoms with Gasteiger partial charge in [-0.2, -0.15) is 0 Å². The van der Waals surface area contributed by atoms with Crippen LogP contribution in [-0.4, -0.2) is 45.2 Å². The zero-order valence-corrected chi connectivity index (χ0v) is 14.3. The quantitative estimate of drug-likeness (QED) is 0.366. The predicted octanol–water partition coefficient (Wildman–Crippen LogP) is 1.64. The molecule has 0 radical (unpaired) electrons. The molecule has 1 aromatic heterocycles. The van der Waals surface area contributed by atoms with Gasteiger partial charge in [0, 0.05) is 26.7 Å². The van der Waals surface area contributed by atoms with Crippen molar-refractivity contribution in [1.82, 2.24) is 16.0 Å². The van der Waals surface area contributed by atoms with Crippen LogP contribution < -0.4 is 20.7 Å². The molecule has 0 unspecified atom stereocenters. The van der Waals surface area contributed by atoms with Crippen molar-refractivity contribution in [1.29, 1.82) is 0 Å². The summed E-state index contributed by atoms with van der Waals surface area (Å²) in [6.45, 7) is 2.41. The first-order valence-corrected chi connectivity index (χ1v) is 8.23. The highest BCUT2D eigenvalue weighted by atomic mass is 16.5. The lowest BCUT2D eigenvalue weighted by molar-refractivity contribution is 0.0926. The van der Waals surface area contributed by atoms with Gasteiger partial charge in [-0.05, 0) is 30.7 Å². The summed E-state index contributed by atoms with van der Waals surface area (Å²) >= 11 is 0. The Morgan fingerprint density at radius 1 is 1.04 bits per heavy atom. The summed E-state index contributed by atoms with van der Waals surface area (Å²) in [6.07, 6.45) is 2.32. The van der Waals surface area contributed by atoms with E-state index in [1.165, 1.54) is 6.26 Å². The van der Waals surface area contributed by atoms with Gasteiger partial charge in [0.25, 0.3) is 5.91 Å². The molecule has 0 aliphatic carbocycles. The highest BCUT2D eigenvalue weighted by Crippen LogP contribution is 2.07. The largest absolute Gasteiger partial charge is 0.494 e. The molecule has 0 fully saturated rings. The van der Waals surface area contributed by atoms with E-state index in [4.69, 9.17) is 9.15 Å². The van der Waals surface area contributed by atoms with Crippen molar-refractivity contribution in [3.63, 3.8) is 0 Å². The smallest absolute Gasteiger partial charge is 0.287 e. The van der Waals surface area contributed by atoms with Crippen molar-refractivity contribution >= 4 is 11.9 Å². The van der Waals surface area contributed by atoms with Crippen molar-refractivity contribution in [2.24, 2.45) is 4.99 Å². The molecular weight excluding hydrogens is 320 g/mol. The molecule has 0 aliphatic rings. The molecule has 1 amide bonds. The number of nitrogens with one attached hydrogen (secondary N) is 3. The Bertz CT molecular complexity index is 642. The second kappa shape index (κ2) is 10.7. The summed E-state index contributed by atoms with van der Waals surface area (Å²) in [5, 5.41) is 9.09. The fourth-order valence-electron chi connectivity index (χ4n) is 2.06. The Balaban J connectivity index is 1.52. The maximum Gasteiger partial charge on any atom is 0.287 e. The Hall–Kier alpha value is -2.96. The summed E-state index contributed by atoms with van der Waals surface area (Å²) < 4.78 is 10.6. The van der Waals surface area contributed by atoms with Gasteiger partial charge in [0.2, 0.25) is 0 Å². The number of hydrogen-bond acceptors (Lipinski definition) is 4. The van der Waals surface area contributed by atoms with Crippen molar-refractivity contribution in [3.8, 4) is 5.75 Å². The standard InChI is InChI=1S/C18H24N4O3/c1-19-18(21-10-6-14-24-15-7-3-2-4-8-15)22-12-11-20-17(23)16-9-5-13-25-16/h2-5,7-9,13H,6,10-12,14H2,1H3,(H,20,23)(H2,19,21,22). The fraction of sp³-hybridized carbons (Fsp3) is 0.333. The molecular formula is C18H24N4O3. The SMILES string of the molecule is CN=C(NCCCOc1ccccc1)NCCNC(=O)c1ccco1. The summed E-state index contributed by atoms with van der Waals surface area (Å²) in [5.74, 6) is 1.64. The molecule has 0 spiro atoms. The van der Waals surface area contributed by atoms with Gasteiger partial charge in [0.05, 0.1) is 12.9 Å². The fourth-order valence-corrected chi connectivity index (χ4v) is 2.06. The third-order valence-electron chi connectivity index (χ3n) is 3.30. The molecule has 134 valence electrons. The first-order valence-electron chi connectivity index (χ1n) is 8.23. The molecule has 3 N–H and O–H groups in total. The average molecular weight is 344 g/mol. The summed E-state index contributed by atoms with van der Waals surface area (Å²) in [4.78, 5) is 15.8. The van der Waals surface area contributed by atoms with Crippen LogP contribution in [0, 0.1) is 0 Å². The molecule has 0 saturated carbocycles. The van der Waals surface area contributed by atoms with E-state index in [1.807, 2.05) is 30.3 Å². The first-order chi connectivity index (χ1) is 12.3. The highest BCUT2D eigenvalue weighted by molar-refractivity contribution is 5.91. The van der Waals surface area contributed by atoms with Crippen molar-refractivity contribution in [2.45, 2.75) is 6.42 Å². The van der Waals surface area contributed by atoms with Crippen molar-refractivity contribution < 1.29 is 13.9 Å². The lowest BCUT2D eigenvalue weighted by atomic mass is 10.3. The minimum absolute atomic E-state index is 0.229. The number of guanidine groups is 1. The topological polar surface area (TPSA) is 87.9 Å². The molecule has 0 bridgehead atoms. The number of furan rings is 1. The first kappa shape index (κ1) is 18.4. The van der Waals surface area contributed by atoms with E-state index in [0.29, 0.717) is 31.4 Å². The number of rotatable bonds is 9. The van der Waals surface area contributed by atoms with E-state index >= 15 is 0 Å². The maximum atomic E-state index is 11.7. The Morgan fingerprint density at radius 3 is 2.52 bits per heavy atom. The van der Waals surface area contributed by atoms with Crippen LogP contribution in [0.1, 0.15) is 17.0 Å². The van der Waals surface area contributed by atoms with Crippen LogP contribution in [0.15, 0.2) is 58.1 Å². The van der Waals surface area contributed by atoms with Crippen LogP contribution in [-0.2, 0) is 0 Å². The van der Waals surface area contributed by atoms with Crippen molar-refractivity contribution in [2.75, 3.05) is 33.3 Å². The normalized spacial score (nSPS) is 11.0. The summed E-state index contributed by atoms with van der Waals surface area (Å²) in [5.41, 5.74) is 0. The molecule has 7 nitrogen and oxygen atoms in total. The van der Waals surface area contributed by atoms with E-state index in [0.717, 1.165) is 18.7 Å².